The van der Waals surface area contributed by atoms with Crippen LogP contribution in [0.1, 0.15) is 43.4 Å². The number of anilines is 3. The van der Waals surface area contributed by atoms with Crippen LogP contribution in [0.2, 0.25) is 0 Å². The maximum atomic E-state index is 12.7. The van der Waals surface area contributed by atoms with Gasteiger partial charge in [-0.2, -0.15) is 0 Å². The number of hydrogen-bond acceptors (Lipinski definition) is 3. The van der Waals surface area contributed by atoms with Gasteiger partial charge in [0.1, 0.15) is 0 Å². The molecule has 2 aliphatic rings. The lowest BCUT2D eigenvalue weighted by Gasteiger charge is -2.34. The van der Waals surface area contributed by atoms with Crippen molar-refractivity contribution < 1.29 is 9.53 Å². The number of carbonyl (C=O) groups is 1. The first-order chi connectivity index (χ1) is 14.5. The molecule has 2 fully saturated rings. The second kappa shape index (κ2) is 9.48. The minimum atomic E-state index is -0.122. The number of carbonyl (C=O) groups excluding carboxylic acids is 1. The van der Waals surface area contributed by atoms with Crippen LogP contribution in [0.25, 0.3) is 0 Å². The van der Waals surface area contributed by atoms with Crippen molar-refractivity contribution in [2.45, 2.75) is 59.7 Å². The average Bonchev–Trinajstić information content (AvgIpc) is 3.11. The highest BCUT2D eigenvalue weighted by molar-refractivity contribution is 6.07. The molecule has 4 nitrogen and oxygen atoms in total. The summed E-state index contributed by atoms with van der Waals surface area (Å²) < 4.78 is 5.94. The molecule has 0 aromatic heterocycles. The highest BCUT2D eigenvalue weighted by atomic mass is 16.5. The van der Waals surface area contributed by atoms with Gasteiger partial charge in [-0.3, -0.25) is 9.69 Å². The molecule has 0 spiro atoms. The van der Waals surface area contributed by atoms with Crippen LogP contribution < -0.4 is 9.80 Å². The molecule has 0 N–H and O–H groups in total. The van der Waals surface area contributed by atoms with Crippen molar-refractivity contribution >= 4 is 23.0 Å². The molecule has 1 amide bonds. The largest absolute Gasteiger partial charge is 0.371 e. The van der Waals surface area contributed by atoms with Crippen molar-refractivity contribution in [2.75, 3.05) is 22.9 Å². The molecule has 2 aliphatic heterocycles. The minimum Gasteiger partial charge on any atom is -0.371 e. The van der Waals surface area contributed by atoms with Crippen molar-refractivity contribution in [2.24, 2.45) is 0 Å². The Balaban J connectivity index is 0.00000124. The monoisotopic (exact) mass is 406 g/mol. The molecule has 2 saturated heterocycles. The summed E-state index contributed by atoms with van der Waals surface area (Å²) in [4.78, 5) is 16.9. The van der Waals surface area contributed by atoms with Gasteiger partial charge in [0, 0.05) is 24.5 Å². The molecule has 2 bridgehead atoms. The zero-order chi connectivity index (χ0) is 21.8. The molecule has 4 rings (SSSR count). The van der Waals surface area contributed by atoms with Crippen LogP contribution in [-0.2, 0) is 9.53 Å². The predicted octanol–water partition coefficient (Wildman–Crippen LogP) is 5.86. The van der Waals surface area contributed by atoms with Gasteiger partial charge in [0.05, 0.1) is 17.9 Å². The maximum Gasteiger partial charge on any atom is 0.254 e. The Kier molecular flexibility index (Phi) is 6.99. The summed E-state index contributed by atoms with van der Waals surface area (Å²) >= 11 is 0. The molecule has 0 aliphatic carbocycles. The molecule has 160 valence electrons. The van der Waals surface area contributed by atoms with Gasteiger partial charge in [-0.05, 0) is 86.7 Å². The normalized spacial score (nSPS) is 19.7. The third kappa shape index (κ3) is 4.44. The number of aryl methyl sites for hydroxylation is 3. The maximum absolute atomic E-state index is 12.7. The van der Waals surface area contributed by atoms with Gasteiger partial charge < -0.3 is 9.64 Å². The molecule has 0 saturated carbocycles. The summed E-state index contributed by atoms with van der Waals surface area (Å²) in [5.41, 5.74) is 6.42. The fourth-order valence-electron chi connectivity index (χ4n) is 4.30. The Morgan fingerprint density at radius 2 is 1.57 bits per heavy atom. The lowest BCUT2D eigenvalue weighted by Crippen LogP contribution is -2.42. The molecule has 2 atom stereocenters. The van der Waals surface area contributed by atoms with E-state index in [0.717, 1.165) is 42.9 Å². The van der Waals surface area contributed by atoms with E-state index in [4.69, 9.17) is 4.74 Å². The fourth-order valence-corrected chi connectivity index (χ4v) is 4.30. The number of ether oxygens (including phenoxy) is 1. The van der Waals surface area contributed by atoms with Gasteiger partial charge in [0.15, 0.2) is 0 Å². The van der Waals surface area contributed by atoms with E-state index < -0.39 is 0 Å². The Labute approximate surface area is 181 Å². The first kappa shape index (κ1) is 22.1. The van der Waals surface area contributed by atoms with Crippen molar-refractivity contribution in [3.8, 4) is 0 Å². The molecule has 0 radical (unpaired) electrons. The van der Waals surface area contributed by atoms with Gasteiger partial charge >= 0.3 is 0 Å². The van der Waals surface area contributed by atoms with Crippen LogP contribution in [0.4, 0.5) is 17.1 Å². The second-order valence-electron chi connectivity index (χ2n) is 7.98. The third-order valence-corrected chi connectivity index (χ3v) is 5.96. The highest BCUT2D eigenvalue weighted by Gasteiger charge is 2.33. The van der Waals surface area contributed by atoms with Crippen molar-refractivity contribution in [3.05, 3.63) is 65.7 Å². The zero-order valence-corrected chi connectivity index (χ0v) is 18.9. The molecule has 2 heterocycles. The Morgan fingerprint density at radius 1 is 1.00 bits per heavy atom. The van der Waals surface area contributed by atoms with E-state index >= 15 is 0 Å². The van der Waals surface area contributed by atoms with Crippen molar-refractivity contribution in [1.82, 2.24) is 0 Å². The second-order valence-corrected chi connectivity index (χ2v) is 7.98. The summed E-state index contributed by atoms with van der Waals surface area (Å²) in [6, 6.07) is 12.5. The standard InChI is InChI=1S/C24H28N2O2.C2H6/c1-5-24(27)26(23-13-17(3)16(2)12-18(23)4)20-8-6-19(7-9-20)25-14-21-10-11-22(15-25)28-21;1-2/h5-9,12-13,21-22H,1,10-11,14-15H2,2-4H3;1-2H3. The number of amides is 1. The molecule has 30 heavy (non-hydrogen) atoms. The van der Waals surface area contributed by atoms with Crippen molar-refractivity contribution in [3.63, 3.8) is 0 Å². The highest BCUT2D eigenvalue weighted by Crippen LogP contribution is 2.34. The van der Waals surface area contributed by atoms with Crippen LogP contribution >= 0.6 is 0 Å². The first-order valence-corrected chi connectivity index (χ1v) is 11.0. The van der Waals surface area contributed by atoms with E-state index in [0.29, 0.717) is 12.2 Å². The van der Waals surface area contributed by atoms with Crippen LogP contribution in [0.3, 0.4) is 0 Å². The average molecular weight is 407 g/mol. The quantitative estimate of drug-likeness (QED) is 0.597. The Morgan fingerprint density at radius 3 is 2.13 bits per heavy atom. The number of rotatable bonds is 4. The summed E-state index contributed by atoms with van der Waals surface area (Å²) in [6.07, 6.45) is 4.41. The van der Waals surface area contributed by atoms with Crippen LogP contribution in [0.15, 0.2) is 49.1 Å². The van der Waals surface area contributed by atoms with E-state index in [-0.39, 0.29) is 5.91 Å². The van der Waals surface area contributed by atoms with Gasteiger partial charge in [-0.1, -0.05) is 26.5 Å². The Bertz CT molecular complexity index is 892. The van der Waals surface area contributed by atoms with E-state index in [1.807, 2.05) is 32.9 Å². The predicted molar refractivity (Wildman–Crippen MR) is 126 cm³/mol. The third-order valence-electron chi connectivity index (χ3n) is 5.96. The molecular weight excluding hydrogens is 372 g/mol. The minimum absolute atomic E-state index is 0.122. The summed E-state index contributed by atoms with van der Waals surface area (Å²) in [7, 11) is 0. The molecule has 2 aromatic rings. The molecule has 4 heteroatoms. The molecule has 2 unspecified atom stereocenters. The molecule has 2 aromatic carbocycles. The van der Waals surface area contributed by atoms with Gasteiger partial charge in [-0.15, -0.1) is 0 Å². The van der Waals surface area contributed by atoms with E-state index in [1.165, 1.54) is 22.9 Å². The van der Waals surface area contributed by atoms with E-state index in [1.54, 1.807) is 4.90 Å². The lowest BCUT2D eigenvalue weighted by atomic mass is 10.0. The molecular formula is C26H34N2O2. The summed E-state index contributed by atoms with van der Waals surface area (Å²) in [5, 5.41) is 0. The summed E-state index contributed by atoms with van der Waals surface area (Å²) in [6.45, 7) is 15.8. The number of fused-ring (bicyclic) bond motifs is 2. The van der Waals surface area contributed by atoms with Crippen LogP contribution in [0, 0.1) is 20.8 Å². The van der Waals surface area contributed by atoms with Gasteiger partial charge in [-0.25, -0.2) is 0 Å². The smallest absolute Gasteiger partial charge is 0.254 e. The first-order valence-electron chi connectivity index (χ1n) is 11.0. The van der Waals surface area contributed by atoms with Crippen molar-refractivity contribution in [1.29, 1.82) is 0 Å². The van der Waals surface area contributed by atoms with Gasteiger partial charge in [0.25, 0.3) is 5.91 Å². The van der Waals surface area contributed by atoms with E-state index in [2.05, 4.69) is 49.6 Å². The summed E-state index contributed by atoms with van der Waals surface area (Å²) in [5.74, 6) is -0.122. The van der Waals surface area contributed by atoms with Crippen LogP contribution in [0.5, 0.6) is 0 Å². The SMILES string of the molecule is C=CC(=O)N(c1ccc(N2CC3CCC(C2)O3)cc1)c1cc(C)c(C)cc1C.CC. The zero-order valence-electron chi connectivity index (χ0n) is 18.9. The lowest BCUT2D eigenvalue weighted by molar-refractivity contribution is -0.113. The topological polar surface area (TPSA) is 32.8 Å². The van der Waals surface area contributed by atoms with Gasteiger partial charge in [0.2, 0.25) is 0 Å². The van der Waals surface area contributed by atoms with E-state index in [9.17, 15) is 4.79 Å². The van der Waals surface area contributed by atoms with Crippen LogP contribution in [-0.4, -0.2) is 31.2 Å². The Hall–Kier alpha value is -2.59. The number of hydrogen-bond donors (Lipinski definition) is 0. The number of morpholine rings is 1. The fraction of sp³-hybridized carbons (Fsp3) is 0.423. The number of nitrogens with zero attached hydrogens (tertiary/aromatic N) is 2. The number of benzene rings is 2.